The maximum absolute atomic E-state index is 11.8. The Labute approximate surface area is 95.6 Å². The Morgan fingerprint density at radius 2 is 2.19 bits per heavy atom. The molecular formula is C11H19N3O2. The Bertz CT molecular complexity index is 341. The Morgan fingerprint density at radius 3 is 2.69 bits per heavy atom. The van der Waals surface area contributed by atoms with E-state index in [1.165, 1.54) is 0 Å². The van der Waals surface area contributed by atoms with E-state index < -0.39 is 0 Å². The van der Waals surface area contributed by atoms with E-state index in [0.29, 0.717) is 19.5 Å². The van der Waals surface area contributed by atoms with Gasteiger partial charge in [-0.05, 0) is 26.8 Å². The topological polar surface area (TPSA) is 72.4 Å². The number of nitrogens with zero attached hydrogens (tertiary/aromatic N) is 2. The van der Waals surface area contributed by atoms with E-state index in [2.05, 4.69) is 5.16 Å². The summed E-state index contributed by atoms with van der Waals surface area (Å²) in [5.74, 6) is 0.793. The fraction of sp³-hybridized carbons (Fsp3) is 0.636. The molecule has 0 unspecified atom stereocenters. The quantitative estimate of drug-likeness (QED) is 0.798. The van der Waals surface area contributed by atoms with E-state index >= 15 is 0 Å². The van der Waals surface area contributed by atoms with E-state index in [1.54, 1.807) is 11.9 Å². The van der Waals surface area contributed by atoms with E-state index in [0.717, 1.165) is 23.4 Å². The zero-order chi connectivity index (χ0) is 12.1. The van der Waals surface area contributed by atoms with Crippen molar-refractivity contribution in [2.75, 3.05) is 20.1 Å². The van der Waals surface area contributed by atoms with Crippen molar-refractivity contribution in [3.63, 3.8) is 0 Å². The molecule has 0 aromatic carbocycles. The zero-order valence-corrected chi connectivity index (χ0v) is 10.1. The first-order valence-electron chi connectivity index (χ1n) is 5.42. The van der Waals surface area contributed by atoms with Gasteiger partial charge in [-0.2, -0.15) is 0 Å². The van der Waals surface area contributed by atoms with Gasteiger partial charge in [0.05, 0.1) is 12.1 Å². The van der Waals surface area contributed by atoms with Crippen LogP contribution in [0.4, 0.5) is 0 Å². The molecule has 0 aliphatic carbocycles. The lowest BCUT2D eigenvalue weighted by molar-refractivity contribution is -0.129. The number of rotatable bonds is 5. The molecular weight excluding hydrogens is 206 g/mol. The Kier molecular flexibility index (Phi) is 4.49. The molecule has 1 aromatic heterocycles. The minimum atomic E-state index is 0.0721. The second kappa shape index (κ2) is 5.65. The van der Waals surface area contributed by atoms with Crippen LogP contribution in [0.15, 0.2) is 4.52 Å². The predicted octanol–water partition coefficient (Wildman–Crippen LogP) is 0.641. The van der Waals surface area contributed by atoms with Gasteiger partial charge >= 0.3 is 0 Å². The van der Waals surface area contributed by atoms with Gasteiger partial charge in [0, 0.05) is 19.2 Å². The molecule has 1 rings (SSSR count). The second-order valence-corrected chi connectivity index (χ2v) is 3.94. The molecule has 0 aliphatic heterocycles. The molecule has 1 heterocycles. The smallest absolute Gasteiger partial charge is 0.226 e. The molecule has 0 saturated carbocycles. The van der Waals surface area contributed by atoms with Crippen molar-refractivity contribution in [2.45, 2.75) is 26.7 Å². The van der Waals surface area contributed by atoms with Crippen LogP contribution in [-0.4, -0.2) is 36.1 Å². The summed E-state index contributed by atoms with van der Waals surface area (Å²) in [6.45, 7) is 4.96. The number of likely N-dealkylation sites (N-methyl/N-ethyl adjacent to an activating group) is 1. The normalized spacial score (nSPS) is 10.5. The van der Waals surface area contributed by atoms with Crippen LogP contribution in [-0.2, 0) is 11.2 Å². The van der Waals surface area contributed by atoms with E-state index in [4.69, 9.17) is 10.3 Å². The summed E-state index contributed by atoms with van der Waals surface area (Å²) < 4.78 is 5.02. The number of hydrogen-bond donors (Lipinski definition) is 1. The molecule has 0 atom stereocenters. The van der Waals surface area contributed by atoms with Crippen molar-refractivity contribution in [1.29, 1.82) is 0 Å². The maximum Gasteiger partial charge on any atom is 0.226 e. The van der Waals surface area contributed by atoms with Crippen molar-refractivity contribution in [3.8, 4) is 0 Å². The first-order valence-corrected chi connectivity index (χ1v) is 5.42. The van der Waals surface area contributed by atoms with Gasteiger partial charge in [0.25, 0.3) is 0 Å². The molecule has 1 aromatic rings. The first-order chi connectivity index (χ1) is 7.56. The molecule has 2 N–H and O–H groups in total. The molecule has 0 spiro atoms. The number of aromatic nitrogens is 1. The fourth-order valence-electron chi connectivity index (χ4n) is 1.49. The Morgan fingerprint density at radius 1 is 1.50 bits per heavy atom. The van der Waals surface area contributed by atoms with Crippen LogP contribution < -0.4 is 5.73 Å². The lowest BCUT2D eigenvalue weighted by Gasteiger charge is -2.16. The van der Waals surface area contributed by atoms with Crippen LogP contribution in [0.1, 0.15) is 23.4 Å². The summed E-state index contributed by atoms with van der Waals surface area (Å²) in [5, 5.41) is 3.82. The van der Waals surface area contributed by atoms with Gasteiger partial charge in [0.2, 0.25) is 5.91 Å². The summed E-state index contributed by atoms with van der Waals surface area (Å²) in [6, 6.07) is 0. The predicted molar refractivity (Wildman–Crippen MR) is 61.0 cm³/mol. The van der Waals surface area contributed by atoms with Crippen molar-refractivity contribution in [2.24, 2.45) is 5.73 Å². The van der Waals surface area contributed by atoms with Gasteiger partial charge < -0.3 is 15.2 Å². The Hall–Kier alpha value is -1.36. The number of carbonyl (C=O) groups excluding carboxylic acids is 1. The SMILES string of the molecule is Cc1noc(C)c1CC(=O)N(C)CCCN. The van der Waals surface area contributed by atoms with Crippen LogP contribution in [0.5, 0.6) is 0 Å². The molecule has 90 valence electrons. The van der Waals surface area contributed by atoms with Crippen molar-refractivity contribution in [3.05, 3.63) is 17.0 Å². The minimum absolute atomic E-state index is 0.0721. The van der Waals surface area contributed by atoms with Gasteiger partial charge in [-0.15, -0.1) is 0 Å². The highest BCUT2D eigenvalue weighted by molar-refractivity contribution is 5.78. The molecule has 0 bridgehead atoms. The average Bonchev–Trinajstić information content (AvgIpc) is 2.57. The van der Waals surface area contributed by atoms with Gasteiger partial charge in [-0.25, -0.2) is 0 Å². The van der Waals surface area contributed by atoms with E-state index in [9.17, 15) is 4.79 Å². The molecule has 0 fully saturated rings. The maximum atomic E-state index is 11.8. The lowest BCUT2D eigenvalue weighted by Crippen LogP contribution is -2.30. The van der Waals surface area contributed by atoms with E-state index in [1.807, 2.05) is 13.8 Å². The number of hydrogen-bond acceptors (Lipinski definition) is 4. The first kappa shape index (κ1) is 12.7. The molecule has 0 saturated heterocycles. The third-order valence-corrected chi connectivity index (χ3v) is 2.63. The molecule has 5 heteroatoms. The summed E-state index contributed by atoms with van der Waals surface area (Å²) in [4.78, 5) is 13.5. The molecule has 0 radical (unpaired) electrons. The summed E-state index contributed by atoms with van der Waals surface area (Å²) in [6.07, 6.45) is 1.17. The fourth-order valence-corrected chi connectivity index (χ4v) is 1.49. The number of amides is 1. The lowest BCUT2D eigenvalue weighted by atomic mass is 10.1. The molecule has 0 aliphatic rings. The minimum Gasteiger partial charge on any atom is -0.361 e. The summed E-state index contributed by atoms with van der Waals surface area (Å²) in [7, 11) is 1.79. The standard InChI is InChI=1S/C11H19N3O2/c1-8-10(9(2)16-13-8)7-11(15)14(3)6-4-5-12/h4-7,12H2,1-3H3. The van der Waals surface area contributed by atoms with Gasteiger partial charge in [-0.1, -0.05) is 5.16 Å². The average molecular weight is 225 g/mol. The number of aryl methyl sites for hydroxylation is 2. The largest absolute Gasteiger partial charge is 0.361 e. The van der Waals surface area contributed by atoms with Crippen molar-refractivity contribution in [1.82, 2.24) is 10.1 Å². The zero-order valence-electron chi connectivity index (χ0n) is 10.1. The molecule has 16 heavy (non-hydrogen) atoms. The monoisotopic (exact) mass is 225 g/mol. The van der Waals surface area contributed by atoms with Crippen molar-refractivity contribution < 1.29 is 9.32 Å². The third-order valence-electron chi connectivity index (χ3n) is 2.63. The summed E-state index contributed by atoms with van der Waals surface area (Å²) >= 11 is 0. The highest BCUT2D eigenvalue weighted by Gasteiger charge is 2.15. The second-order valence-electron chi connectivity index (χ2n) is 3.94. The van der Waals surface area contributed by atoms with Crippen LogP contribution in [0.2, 0.25) is 0 Å². The van der Waals surface area contributed by atoms with E-state index in [-0.39, 0.29) is 5.91 Å². The number of carbonyl (C=O) groups is 1. The highest BCUT2D eigenvalue weighted by atomic mass is 16.5. The van der Waals surface area contributed by atoms with Crippen LogP contribution in [0.3, 0.4) is 0 Å². The van der Waals surface area contributed by atoms with Gasteiger partial charge in [0.15, 0.2) is 0 Å². The Balaban J connectivity index is 2.57. The number of nitrogens with two attached hydrogens (primary N) is 1. The highest BCUT2D eigenvalue weighted by Crippen LogP contribution is 2.13. The molecule has 1 amide bonds. The van der Waals surface area contributed by atoms with Crippen LogP contribution >= 0.6 is 0 Å². The van der Waals surface area contributed by atoms with Gasteiger partial charge in [0.1, 0.15) is 5.76 Å². The van der Waals surface area contributed by atoms with Crippen LogP contribution in [0.25, 0.3) is 0 Å². The molecule has 5 nitrogen and oxygen atoms in total. The van der Waals surface area contributed by atoms with Gasteiger partial charge in [-0.3, -0.25) is 4.79 Å². The summed E-state index contributed by atoms with van der Waals surface area (Å²) in [5.41, 5.74) is 7.08. The van der Waals surface area contributed by atoms with Crippen molar-refractivity contribution >= 4 is 5.91 Å². The third kappa shape index (κ3) is 3.06. The van der Waals surface area contributed by atoms with Crippen LogP contribution in [0, 0.1) is 13.8 Å².